The summed E-state index contributed by atoms with van der Waals surface area (Å²) in [4.78, 5) is 28.2. The first-order valence-corrected chi connectivity index (χ1v) is 9.21. The number of para-hydroxylation sites is 1. The Kier molecular flexibility index (Phi) is 8.20. The lowest BCUT2D eigenvalue weighted by Crippen LogP contribution is -2.15. The molecule has 0 spiro atoms. The number of carbonyl (C=O) groups is 2. The minimum absolute atomic E-state index is 0.0161. The number of ether oxygens (including phenoxy) is 2. The summed E-state index contributed by atoms with van der Waals surface area (Å²) >= 11 is 5.83. The highest BCUT2D eigenvalue weighted by Gasteiger charge is 2.18. The van der Waals surface area contributed by atoms with Gasteiger partial charge in [-0.1, -0.05) is 56.3 Å². The monoisotopic (exact) mass is 393 g/mol. The van der Waals surface area contributed by atoms with Crippen LogP contribution < -0.4 is 4.74 Å². The maximum atomic E-state index is 13.7. The van der Waals surface area contributed by atoms with Gasteiger partial charge in [0.2, 0.25) is 0 Å². The smallest absolute Gasteiger partial charge is 0.362 e. The molecule has 0 saturated carbocycles. The molecule has 27 heavy (non-hydrogen) atoms. The topological polar surface area (TPSA) is 65.5 Å². The van der Waals surface area contributed by atoms with Crippen molar-refractivity contribution in [1.82, 2.24) is 4.98 Å². The zero-order chi connectivity index (χ0) is 19.6. The third-order valence-electron chi connectivity index (χ3n) is 3.76. The van der Waals surface area contributed by atoms with Crippen molar-refractivity contribution in [1.29, 1.82) is 0 Å². The lowest BCUT2D eigenvalue weighted by molar-refractivity contribution is 0.0490. The average molecular weight is 394 g/mol. The molecule has 1 heterocycles. The van der Waals surface area contributed by atoms with E-state index in [9.17, 15) is 14.0 Å². The maximum absolute atomic E-state index is 13.7. The molecule has 0 atom stereocenters. The number of carbonyl (C=O) groups excluding carboxylic acids is 2. The van der Waals surface area contributed by atoms with E-state index in [1.165, 1.54) is 30.3 Å². The van der Waals surface area contributed by atoms with Crippen LogP contribution in [-0.4, -0.2) is 23.5 Å². The summed E-state index contributed by atoms with van der Waals surface area (Å²) < 4.78 is 23.9. The van der Waals surface area contributed by atoms with Gasteiger partial charge in [-0.05, 0) is 30.7 Å². The lowest BCUT2D eigenvalue weighted by atomic mass is 10.2. The Labute approximate surface area is 162 Å². The van der Waals surface area contributed by atoms with Crippen LogP contribution in [0.4, 0.5) is 4.39 Å². The van der Waals surface area contributed by atoms with Crippen LogP contribution in [0, 0.1) is 5.82 Å². The van der Waals surface area contributed by atoms with Gasteiger partial charge in [-0.3, -0.25) is 0 Å². The molecule has 0 aliphatic rings. The Bertz CT molecular complexity index is 777. The van der Waals surface area contributed by atoms with Crippen LogP contribution in [0.15, 0.2) is 36.4 Å². The van der Waals surface area contributed by atoms with Gasteiger partial charge in [0.05, 0.1) is 11.6 Å². The molecule has 7 heteroatoms. The van der Waals surface area contributed by atoms with Crippen molar-refractivity contribution >= 4 is 23.5 Å². The van der Waals surface area contributed by atoms with E-state index >= 15 is 0 Å². The molecule has 5 nitrogen and oxygen atoms in total. The molecule has 0 N–H and O–H groups in total. The molecule has 144 valence electrons. The summed E-state index contributed by atoms with van der Waals surface area (Å²) in [7, 11) is 0. The SMILES string of the molecule is CCCCCCCOC(=O)c1cccc(C(=O)Oc2c(F)cccc2Cl)n1. The summed E-state index contributed by atoms with van der Waals surface area (Å²) in [6, 6.07) is 8.19. The molecule has 0 aliphatic carbocycles. The zero-order valence-corrected chi connectivity index (χ0v) is 15.8. The van der Waals surface area contributed by atoms with Gasteiger partial charge in [-0.2, -0.15) is 0 Å². The number of benzene rings is 1. The molecule has 2 aromatic rings. The molecule has 2 rings (SSSR count). The number of hydrogen-bond donors (Lipinski definition) is 0. The van der Waals surface area contributed by atoms with Crippen LogP contribution in [0.25, 0.3) is 0 Å². The molecule has 0 unspecified atom stereocenters. The van der Waals surface area contributed by atoms with Crippen LogP contribution in [-0.2, 0) is 4.74 Å². The van der Waals surface area contributed by atoms with Gasteiger partial charge in [0.15, 0.2) is 11.6 Å². The van der Waals surface area contributed by atoms with Crippen molar-refractivity contribution in [3.63, 3.8) is 0 Å². The first-order chi connectivity index (χ1) is 13.0. The van der Waals surface area contributed by atoms with Gasteiger partial charge < -0.3 is 9.47 Å². The predicted octanol–water partition coefficient (Wildman–Crippen LogP) is 5.22. The van der Waals surface area contributed by atoms with Crippen molar-refractivity contribution in [3.05, 3.63) is 58.6 Å². The van der Waals surface area contributed by atoms with Crippen LogP contribution in [0.5, 0.6) is 5.75 Å². The first kappa shape index (κ1) is 20.8. The average Bonchev–Trinajstić information content (AvgIpc) is 2.67. The van der Waals surface area contributed by atoms with E-state index in [0.29, 0.717) is 6.61 Å². The number of pyridine rings is 1. The van der Waals surface area contributed by atoms with Crippen molar-refractivity contribution in [3.8, 4) is 5.75 Å². The van der Waals surface area contributed by atoms with Gasteiger partial charge in [-0.15, -0.1) is 0 Å². The molecule has 0 saturated heterocycles. The molecule has 0 bridgehead atoms. The normalized spacial score (nSPS) is 10.5. The fraction of sp³-hybridized carbons (Fsp3) is 0.350. The van der Waals surface area contributed by atoms with E-state index in [0.717, 1.165) is 38.2 Å². The summed E-state index contributed by atoms with van der Waals surface area (Å²) in [5.41, 5.74) is -0.163. The molecular weight excluding hydrogens is 373 g/mol. The van der Waals surface area contributed by atoms with E-state index in [1.807, 2.05) is 0 Å². The standard InChI is InChI=1S/C20H21ClFNO4/c1-2-3-4-5-6-13-26-19(24)16-11-8-12-17(23-16)20(25)27-18-14(21)9-7-10-15(18)22/h7-12H,2-6,13H2,1H3. The number of hydrogen-bond acceptors (Lipinski definition) is 5. The second-order valence-corrected chi connectivity index (χ2v) is 6.31. The quantitative estimate of drug-likeness (QED) is 0.332. The molecule has 1 aromatic heterocycles. The molecule has 0 fully saturated rings. The van der Waals surface area contributed by atoms with Crippen LogP contribution in [0.2, 0.25) is 5.02 Å². The van der Waals surface area contributed by atoms with Gasteiger partial charge in [0.25, 0.3) is 0 Å². The second-order valence-electron chi connectivity index (χ2n) is 5.90. The first-order valence-electron chi connectivity index (χ1n) is 8.83. The zero-order valence-electron chi connectivity index (χ0n) is 15.0. The predicted molar refractivity (Wildman–Crippen MR) is 99.6 cm³/mol. The van der Waals surface area contributed by atoms with Crippen molar-refractivity contribution in [2.45, 2.75) is 39.0 Å². The highest BCUT2D eigenvalue weighted by Crippen LogP contribution is 2.27. The van der Waals surface area contributed by atoms with E-state index in [2.05, 4.69) is 11.9 Å². The van der Waals surface area contributed by atoms with E-state index in [4.69, 9.17) is 21.1 Å². The number of unbranched alkanes of at least 4 members (excludes halogenated alkanes) is 4. The van der Waals surface area contributed by atoms with Crippen molar-refractivity contribution < 1.29 is 23.5 Å². The largest absolute Gasteiger partial charge is 0.461 e. The van der Waals surface area contributed by atoms with Crippen LogP contribution in [0.3, 0.4) is 0 Å². The Hall–Kier alpha value is -2.47. The highest BCUT2D eigenvalue weighted by molar-refractivity contribution is 6.32. The third kappa shape index (κ3) is 6.32. The lowest BCUT2D eigenvalue weighted by Gasteiger charge is -2.08. The number of esters is 2. The third-order valence-corrected chi connectivity index (χ3v) is 4.06. The van der Waals surface area contributed by atoms with Crippen LogP contribution in [0.1, 0.15) is 60.0 Å². The van der Waals surface area contributed by atoms with E-state index in [-0.39, 0.29) is 22.2 Å². The second kappa shape index (κ2) is 10.6. The van der Waals surface area contributed by atoms with Crippen molar-refractivity contribution in [2.75, 3.05) is 6.61 Å². The summed E-state index contributed by atoms with van der Waals surface area (Å²) in [5, 5.41) is -0.0398. The molecular formula is C20H21ClFNO4. The summed E-state index contributed by atoms with van der Waals surface area (Å²) in [6.07, 6.45) is 5.17. The molecule has 0 aliphatic heterocycles. The summed E-state index contributed by atoms with van der Waals surface area (Å²) in [5.74, 6) is -2.69. The van der Waals surface area contributed by atoms with Gasteiger partial charge in [0.1, 0.15) is 11.4 Å². The van der Waals surface area contributed by atoms with E-state index in [1.54, 1.807) is 0 Å². The molecule has 1 aromatic carbocycles. The Morgan fingerprint density at radius 3 is 2.37 bits per heavy atom. The Morgan fingerprint density at radius 1 is 1.00 bits per heavy atom. The fourth-order valence-electron chi connectivity index (χ4n) is 2.33. The minimum Gasteiger partial charge on any atom is -0.461 e. The number of rotatable bonds is 9. The van der Waals surface area contributed by atoms with E-state index < -0.39 is 17.8 Å². The van der Waals surface area contributed by atoms with Crippen LogP contribution >= 0.6 is 11.6 Å². The fourth-order valence-corrected chi connectivity index (χ4v) is 2.53. The summed E-state index contributed by atoms with van der Waals surface area (Å²) in [6.45, 7) is 2.42. The highest BCUT2D eigenvalue weighted by atomic mass is 35.5. The Balaban J connectivity index is 1.96. The Morgan fingerprint density at radius 2 is 1.67 bits per heavy atom. The molecule has 0 amide bonds. The van der Waals surface area contributed by atoms with Gasteiger partial charge in [-0.25, -0.2) is 19.0 Å². The number of nitrogens with zero attached hydrogens (tertiary/aromatic N) is 1. The molecule has 0 radical (unpaired) electrons. The maximum Gasteiger partial charge on any atom is 0.362 e. The number of aromatic nitrogens is 1. The minimum atomic E-state index is -0.920. The van der Waals surface area contributed by atoms with Gasteiger partial charge in [0, 0.05) is 0 Å². The van der Waals surface area contributed by atoms with Gasteiger partial charge >= 0.3 is 11.9 Å². The van der Waals surface area contributed by atoms with Crippen molar-refractivity contribution in [2.24, 2.45) is 0 Å². The number of halogens is 2.